The maximum atomic E-state index is 12.5. The van der Waals surface area contributed by atoms with E-state index in [1.54, 1.807) is 12.1 Å². The molecule has 0 saturated heterocycles. The molecule has 0 aliphatic heterocycles. The average Bonchev–Trinajstić information content (AvgIpc) is 2.80. The third-order valence-electron chi connectivity index (χ3n) is 4.11. The van der Waals surface area contributed by atoms with Gasteiger partial charge in [-0.25, -0.2) is 22.9 Å². The summed E-state index contributed by atoms with van der Waals surface area (Å²) in [6.45, 7) is 0.575. The van der Waals surface area contributed by atoms with Crippen molar-refractivity contribution in [3.63, 3.8) is 0 Å². The molecule has 0 bridgehead atoms. The normalized spacial score (nSPS) is 10.8. The molecule has 0 unspecified atom stereocenters. The number of sulfonamides is 1. The molecular formula is C22H21N3O7S. The van der Waals surface area contributed by atoms with Gasteiger partial charge in [-0.05, 0) is 42.5 Å². The minimum absolute atomic E-state index is 0.0326. The summed E-state index contributed by atoms with van der Waals surface area (Å²) < 4.78 is 42.4. The van der Waals surface area contributed by atoms with Gasteiger partial charge in [0.25, 0.3) is 15.9 Å². The van der Waals surface area contributed by atoms with Gasteiger partial charge in [0.05, 0.1) is 17.1 Å². The first-order valence-electron chi connectivity index (χ1n) is 9.68. The molecule has 1 aromatic heterocycles. The Labute approximate surface area is 190 Å². The zero-order valence-corrected chi connectivity index (χ0v) is 18.4. The van der Waals surface area contributed by atoms with Crippen LogP contribution in [0.4, 0.5) is 4.79 Å². The van der Waals surface area contributed by atoms with E-state index >= 15 is 0 Å². The maximum absolute atomic E-state index is 12.5. The number of hydrogen-bond donors (Lipinski definition) is 2. The molecule has 0 spiro atoms. The molecule has 0 fully saturated rings. The van der Waals surface area contributed by atoms with E-state index in [2.05, 4.69) is 10.3 Å². The van der Waals surface area contributed by atoms with Gasteiger partial charge < -0.3 is 19.5 Å². The molecule has 172 valence electrons. The van der Waals surface area contributed by atoms with Crippen LogP contribution < -0.4 is 19.5 Å². The summed E-state index contributed by atoms with van der Waals surface area (Å²) in [5.74, 6) is 0.104. The lowest BCUT2D eigenvalue weighted by atomic mass is 10.3. The van der Waals surface area contributed by atoms with Gasteiger partial charge >= 0.3 is 6.09 Å². The Morgan fingerprint density at radius 3 is 2.27 bits per heavy atom. The summed E-state index contributed by atoms with van der Waals surface area (Å²) in [7, 11) is -2.64. The summed E-state index contributed by atoms with van der Waals surface area (Å²) in [6, 6.07) is 17.2. The molecule has 3 rings (SSSR count). The standard InChI is InChI=1S/C22H21N3O7S/c1-30-14-13-23-22(27)32-20-12-7-16(15-24-20)21(26)25-33(28,29)19-10-8-18(9-11-19)31-17-5-3-2-4-6-17/h2-12,15H,13-14H2,1H3,(H,23,27)(H,25,26). The molecular weight excluding hydrogens is 450 g/mol. The van der Waals surface area contributed by atoms with Crippen molar-refractivity contribution in [1.29, 1.82) is 0 Å². The number of rotatable bonds is 9. The Kier molecular flexibility index (Phi) is 7.95. The van der Waals surface area contributed by atoms with E-state index in [1.165, 1.54) is 43.5 Å². The lowest BCUT2D eigenvalue weighted by molar-refractivity contribution is 0.0981. The molecule has 0 aliphatic rings. The minimum Gasteiger partial charge on any atom is -0.457 e. The van der Waals surface area contributed by atoms with Gasteiger partial charge in [0.1, 0.15) is 11.5 Å². The zero-order chi connectivity index (χ0) is 23.7. The van der Waals surface area contributed by atoms with E-state index in [9.17, 15) is 18.0 Å². The molecule has 0 saturated carbocycles. The number of nitrogens with zero attached hydrogens (tertiary/aromatic N) is 1. The van der Waals surface area contributed by atoms with Gasteiger partial charge in [0, 0.05) is 25.9 Å². The number of pyridine rings is 1. The third-order valence-corrected chi connectivity index (χ3v) is 5.46. The predicted molar refractivity (Wildman–Crippen MR) is 118 cm³/mol. The highest BCUT2D eigenvalue weighted by atomic mass is 32.2. The quantitative estimate of drug-likeness (QED) is 0.455. The average molecular weight is 471 g/mol. The lowest BCUT2D eigenvalue weighted by Crippen LogP contribution is -2.31. The van der Waals surface area contributed by atoms with Crippen molar-refractivity contribution in [3.8, 4) is 17.4 Å². The fraction of sp³-hybridized carbons (Fsp3) is 0.136. The van der Waals surface area contributed by atoms with Gasteiger partial charge in [-0.15, -0.1) is 0 Å². The van der Waals surface area contributed by atoms with Crippen molar-refractivity contribution >= 4 is 22.0 Å². The topological polar surface area (TPSA) is 133 Å². The van der Waals surface area contributed by atoms with Crippen LogP contribution in [0, 0.1) is 0 Å². The molecule has 0 radical (unpaired) electrons. The van der Waals surface area contributed by atoms with Crippen molar-refractivity contribution in [3.05, 3.63) is 78.5 Å². The Morgan fingerprint density at radius 1 is 0.939 bits per heavy atom. The van der Waals surface area contributed by atoms with Crippen LogP contribution in [0.1, 0.15) is 10.4 Å². The van der Waals surface area contributed by atoms with Gasteiger partial charge in [-0.2, -0.15) is 0 Å². The third kappa shape index (κ3) is 7.02. The number of carbonyl (C=O) groups excluding carboxylic acids is 2. The van der Waals surface area contributed by atoms with Gasteiger partial charge in [-0.1, -0.05) is 18.2 Å². The number of ether oxygens (including phenoxy) is 3. The minimum atomic E-state index is -4.13. The van der Waals surface area contributed by atoms with E-state index in [0.29, 0.717) is 18.1 Å². The maximum Gasteiger partial charge on any atom is 0.414 e. The summed E-state index contributed by atoms with van der Waals surface area (Å²) in [5, 5.41) is 2.44. The molecule has 2 aromatic carbocycles. The smallest absolute Gasteiger partial charge is 0.414 e. The van der Waals surface area contributed by atoms with Crippen LogP contribution in [0.25, 0.3) is 0 Å². The van der Waals surface area contributed by atoms with Crippen LogP contribution in [0.3, 0.4) is 0 Å². The fourth-order valence-electron chi connectivity index (χ4n) is 2.51. The van der Waals surface area contributed by atoms with E-state index < -0.39 is 22.0 Å². The highest BCUT2D eigenvalue weighted by Crippen LogP contribution is 2.22. The largest absolute Gasteiger partial charge is 0.457 e. The number of para-hydroxylation sites is 1. The summed E-state index contributed by atoms with van der Waals surface area (Å²) >= 11 is 0. The first-order valence-corrected chi connectivity index (χ1v) is 11.2. The monoisotopic (exact) mass is 471 g/mol. The van der Waals surface area contributed by atoms with Crippen molar-refractivity contribution in [1.82, 2.24) is 15.0 Å². The number of aromatic nitrogens is 1. The Balaban J connectivity index is 1.59. The molecule has 0 aliphatic carbocycles. The number of amides is 2. The molecule has 10 nitrogen and oxygen atoms in total. The molecule has 2 N–H and O–H groups in total. The molecule has 11 heteroatoms. The highest BCUT2D eigenvalue weighted by molar-refractivity contribution is 7.90. The van der Waals surface area contributed by atoms with Crippen LogP contribution in [-0.4, -0.2) is 45.7 Å². The second-order valence-corrected chi connectivity index (χ2v) is 8.20. The Morgan fingerprint density at radius 2 is 1.64 bits per heavy atom. The number of methoxy groups -OCH3 is 1. The highest BCUT2D eigenvalue weighted by Gasteiger charge is 2.19. The van der Waals surface area contributed by atoms with Crippen LogP contribution in [0.2, 0.25) is 0 Å². The van der Waals surface area contributed by atoms with Crippen LogP contribution >= 0.6 is 0 Å². The number of benzene rings is 2. The summed E-state index contributed by atoms with van der Waals surface area (Å²) in [6.07, 6.45) is 0.360. The first kappa shape index (κ1) is 23.7. The van der Waals surface area contributed by atoms with E-state index in [4.69, 9.17) is 14.2 Å². The van der Waals surface area contributed by atoms with Gasteiger partial charge in [-0.3, -0.25) is 4.79 Å². The number of hydrogen-bond acceptors (Lipinski definition) is 8. The second-order valence-electron chi connectivity index (χ2n) is 6.52. The Hall–Kier alpha value is -3.96. The molecule has 1 heterocycles. The van der Waals surface area contributed by atoms with E-state index in [-0.39, 0.29) is 22.9 Å². The van der Waals surface area contributed by atoms with Crippen LogP contribution in [0.5, 0.6) is 17.4 Å². The van der Waals surface area contributed by atoms with Gasteiger partial charge in [0.2, 0.25) is 5.88 Å². The molecule has 33 heavy (non-hydrogen) atoms. The van der Waals surface area contributed by atoms with E-state index in [1.807, 2.05) is 22.9 Å². The lowest BCUT2D eigenvalue weighted by Gasteiger charge is -2.09. The number of carbonyl (C=O) groups is 2. The van der Waals surface area contributed by atoms with Crippen LogP contribution in [0.15, 0.2) is 77.8 Å². The van der Waals surface area contributed by atoms with Crippen molar-refractivity contribution < 1.29 is 32.2 Å². The first-order chi connectivity index (χ1) is 15.9. The SMILES string of the molecule is COCCNC(=O)Oc1ccc(C(=O)NS(=O)(=O)c2ccc(Oc3ccccc3)cc2)cn1. The second kappa shape index (κ2) is 11.1. The summed E-state index contributed by atoms with van der Waals surface area (Å²) in [4.78, 5) is 27.7. The predicted octanol–water partition coefficient (Wildman–Crippen LogP) is 2.73. The summed E-state index contributed by atoms with van der Waals surface area (Å²) in [5.41, 5.74) is -0.0326. The molecule has 2 amide bonds. The Bertz CT molecular complexity index is 1180. The fourth-order valence-corrected chi connectivity index (χ4v) is 3.49. The number of nitrogens with one attached hydrogen (secondary N) is 2. The van der Waals surface area contributed by atoms with Crippen LogP contribution in [-0.2, 0) is 14.8 Å². The molecule has 0 atom stereocenters. The molecule has 3 aromatic rings. The van der Waals surface area contributed by atoms with Crippen molar-refractivity contribution in [2.24, 2.45) is 0 Å². The van der Waals surface area contributed by atoms with E-state index in [0.717, 1.165) is 6.20 Å². The zero-order valence-electron chi connectivity index (χ0n) is 17.6. The van der Waals surface area contributed by atoms with Crippen molar-refractivity contribution in [2.75, 3.05) is 20.3 Å². The van der Waals surface area contributed by atoms with Crippen molar-refractivity contribution in [2.45, 2.75) is 4.90 Å². The van der Waals surface area contributed by atoms with Gasteiger partial charge in [0.15, 0.2) is 0 Å².